The van der Waals surface area contributed by atoms with E-state index in [0.717, 1.165) is 25.7 Å². The van der Waals surface area contributed by atoms with Gasteiger partial charge in [-0.25, -0.2) is 0 Å². The maximum absolute atomic E-state index is 10.3. The molecule has 0 aliphatic carbocycles. The number of hydrogen-bond acceptors (Lipinski definition) is 2. The number of ether oxygens (including phenoxy) is 1. The van der Waals surface area contributed by atoms with Gasteiger partial charge in [0.15, 0.2) is 0 Å². The van der Waals surface area contributed by atoms with Crippen LogP contribution >= 0.6 is 0 Å². The summed E-state index contributed by atoms with van der Waals surface area (Å²) >= 11 is 0. The summed E-state index contributed by atoms with van der Waals surface area (Å²) in [4.78, 5) is 0. The van der Waals surface area contributed by atoms with Gasteiger partial charge in [0.1, 0.15) is 0 Å². The summed E-state index contributed by atoms with van der Waals surface area (Å²) in [5, 5.41) is 10.3. The highest BCUT2D eigenvalue weighted by molar-refractivity contribution is 5.15. The Balaban J connectivity index is 1.87. The first-order chi connectivity index (χ1) is 7.29. The van der Waals surface area contributed by atoms with Gasteiger partial charge in [-0.1, -0.05) is 30.3 Å². The van der Waals surface area contributed by atoms with E-state index in [4.69, 9.17) is 4.74 Å². The zero-order chi connectivity index (χ0) is 10.6. The Kier molecular flexibility index (Phi) is 3.39. The molecule has 0 bridgehead atoms. The third kappa shape index (κ3) is 3.05. The quantitative estimate of drug-likeness (QED) is 0.821. The van der Waals surface area contributed by atoms with Crippen molar-refractivity contribution in [2.24, 2.45) is 0 Å². The smallest absolute Gasteiger partial charge is 0.0694 e. The molecule has 1 fully saturated rings. The molecule has 0 amide bonds. The van der Waals surface area contributed by atoms with Crippen molar-refractivity contribution < 1.29 is 9.84 Å². The third-order valence-electron chi connectivity index (χ3n) is 3.15. The molecule has 1 aliphatic heterocycles. The van der Waals surface area contributed by atoms with Crippen molar-refractivity contribution in [3.05, 3.63) is 35.9 Å². The van der Waals surface area contributed by atoms with Crippen molar-refractivity contribution in [1.29, 1.82) is 0 Å². The van der Waals surface area contributed by atoms with Gasteiger partial charge in [0.05, 0.1) is 5.60 Å². The largest absolute Gasteiger partial charge is 0.390 e. The second-order valence-corrected chi connectivity index (χ2v) is 4.32. The minimum Gasteiger partial charge on any atom is -0.390 e. The Hall–Kier alpha value is -0.860. The fourth-order valence-electron chi connectivity index (χ4n) is 2.02. The minimum absolute atomic E-state index is 0.492. The predicted octanol–water partition coefficient (Wildman–Crippen LogP) is 2.16. The second-order valence-electron chi connectivity index (χ2n) is 4.32. The average molecular weight is 206 g/mol. The molecule has 0 radical (unpaired) electrons. The lowest BCUT2D eigenvalue weighted by Gasteiger charge is -2.32. The molecule has 2 heteroatoms. The van der Waals surface area contributed by atoms with E-state index in [-0.39, 0.29) is 0 Å². The van der Waals surface area contributed by atoms with Crippen LogP contribution < -0.4 is 0 Å². The molecule has 82 valence electrons. The first-order valence-corrected chi connectivity index (χ1v) is 5.63. The lowest BCUT2D eigenvalue weighted by atomic mass is 9.88. The molecule has 0 unspecified atom stereocenters. The van der Waals surface area contributed by atoms with E-state index in [1.807, 2.05) is 18.2 Å². The summed E-state index contributed by atoms with van der Waals surface area (Å²) in [6.45, 7) is 1.40. The molecule has 1 aliphatic rings. The van der Waals surface area contributed by atoms with Gasteiger partial charge in [-0.15, -0.1) is 0 Å². The van der Waals surface area contributed by atoms with Gasteiger partial charge >= 0.3 is 0 Å². The first kappa shape index (κ1) is 10.7. The zero-order valence-corrected chi connectivity index (χ0v) is 8.98. The average Bonchev–Trinajstić information content (AvgIpc) is 2.29. The number of rotatable bonds is 3. The third-order valence-corrected chi connectivity index (χ3v) is 3.15. The van der Waals surface area contributed by atoms with E-state index in [9.17, 15) is 5.11 Å². The van der Waals surface area contributed by atoms with E-state index in [1.54, 1.807) is 0 Å². The van der Waals surface area contributed by atoms with Crippen molar-refractivity contribution in [2.45, 2.75) is 31.3 Å². The minimum atomic E-state index is -0.492. The van der Waals surface area contributed by atoms with Crippen LogP contribution in [0.2, 0.25) is 0 Å². The van der Waals surface area contributed by atoms with Gasteiger partial charge in [-0.05, 0) is 31.2 Å². The van der Waals surface area contributed by atoms with Crippen LogP contribution in [0.3, 0.4) is 0 Å². The SMILES string of the molecule is OC1(CCc2ccccc2)CCOCC1. The van der Waals surface area contributed by atoms with Crippen LogP contribution in [-0.2, 0) is 11.2 Å². The van der Waals surface area contributed by atoms with Crippen LogP contribution in [-0.4, -0.2) is 23.9 Å². The Morgan fingerprint density at radius 2 is 1.80 bits per heavy atom. The highest BCUT2D eigenvalue weighted by Crippen LogP contribution is 2.25. The van der Waals surface area contributed by atoms with E-state index in [0.29, 0.717) is 13.2 Å². The van der Waals surface area contributed by atoms with Crippen molar-refractivity contribution >= 4 is 0 Å². The summed E-state index contributed by atoms with van der Waals surface area (Å²) in [6, 6.07) is 10.3. The number of aryl methyl sites for hydroxylation is 1. The molecule has 0 aromatic heterocycles. The fraction of sp³-hybridized carbons (Fsp3) is 0.538. The molecule has 1 N–H and O–H groups in total. The van der Waals surface area contributed by atoms with E-state index in [2.05, 4.69) is 12.1 Å². The van der Waals surface area contributed by atoms with E-state index >= 15 is 0 Å². The first-order valence-electron chi connectivity index (χ1n) is 5.63. The summed E-state index contributed by atoms with van der Waals surface area (Å²) in [6.07, 6.45) is 3.36. The molecular weight excluding hydrogens is 188 g/mol. The molecule has 15 heavy (non-hydrogen) atoms. The predicted molar refractivity (Wildman–Crippen MR) is 59.8 cm³/mol. The molecule has 1 aromatic rings. The highest BCUT2D eigenvalue weighted by atomic mass is 16.5. The maximum Gasteiger partial charge on any atom is 0.0694 e. The maximum atomic E-state index is 10.3. The lowest BCUT2D eigenvalue weighted by molar-refractivity contribution is -0.0676. The Morgan fingerprint density at radius 3 is 2.47 bits per heavy atom. The van der Waals surface area contributed by atoms with Crippen molar-refractivity contribution in [2.75, 3.05) is 13.2 Å². The van der Waals surface area contributed by atoms with Gasteiger partial charge in [0.25, 0.3) is 0 Å². The van der Waals surface area contributed by atoms with Crippen molar-refractivity contribution in [1.82, 2.24) is 0 Å². The summed E-state index contributed by atoms with van der Waals surface area (Å²) in [7, 11) is 0. The normalized spacial score (nSPS) is 20.1. The van der Waals surface area contributed by atoms with Crippen molar-refractivity contribution in [3.63, 3.8) is 0 Å². The van der Waals surface area contributed by atoms with Crippen molar-refractivity contribution in [3.8, 4) is 0 Å². The van der Waals surface area contributed by atoms with Gasteiger partial charge in [0.2, 0.25) is 0 Å². The summed E-state index contributed by atoms with van der Waals surface area (Å²) < 4.78 is 5.26. The zero-order valence-electron chi connectivity index (χ0n) is 8.98. The van der Waals surface area contributed by atoms with Gasteiger partial charge < -0.3 is 9.84 Å². The summed E-state index contributed by atoms with van der Waals surface area (Å²) in [5.74, 6) is 0. The molecule has 1 heterocycles. The van der Waals surface area contributed by atoms with Gasteiger partial charge in [-0.2, -0.15) is 0 Å². The molecule has 0 saturated carbocycles. The summed E-state index contributed by atoms with van der Waals surface area (Å²) in [5.41, 5.74) is 0.811. The number of aliphatic hydroxyl groups is 1. The number of benzene rings is 1. The topological polar surface area (TPSA) is 29.5 Å². The Bertz CT molecular complexity index is 289. The molecule has 2 nitrogen and oxygen atoms in total. The molecule has 1 saturated heterocycles. The van der Waals surface area contributed by atoms with E-state index < -0.39 is 5.60 Å². The molecule has 1 aromatic carbocycles. The van der Waals surface area contributed by atoms with Gasteiger partial charge in [0, 0.05) is 13.2 Å². The molecule has 0 atom stereocenters. The Labute approximate surface area is 90.9 Å². The van der Waals surface area contributed by atoms with Crippen LogP contribution in [0.15, 0.2) is 30.3 Å². The van der Waals surface area contributed by atoms with Crippen LogP contribution in [0.4, 0.5) is 0 Å². The van der Waals surface area contributed by atoms with Crippen LogP contribution in [0, 0.1) is 0 Å². The molecule has 2 rings (SSSR count). The Morgan fingerprint density at radius 1 is 1.13 bits per heavy atom. The molecule has 0 spiro atoms. The fourth-order valence-corrected chi connectivity index (χ4v) is 2.02. The van der Waals surface area contributed by atoms with Crippen LogP contribution in [0.1, 0.15) is 24.8 Å². The molecular formula is C13H18O2. The second kappa shape index (κ2) is 4.77. The highest BCUT2D eigenvalue weighted by Gasteiger charge is 2.28. The monoisotopic (exact) mass is 206 g/mol. The lowest BCUT2D eigenvalue weighted by Crippen LogP contribution is -2.36. The van der Waals surface area contributed by atoms with Gasteiger partial charge in [-0.3, -0.25) is 0 Å². The van der Waals surface area contributed by atoms with Crippen LogP contribution in [0.5, 0.6) is 0 Å². The number of hydrogen-bond donors (Lipinski definition) is 1. The standard InChI is InChI=1S/C13H18O2/c14-13(8-10-15-11-9-13)7-6-12-4-2-1-3-5-12/h1-5,14H,6-11H2. The van der Waals surface area contributed by atoms with Crippen LogP contribution in [0.25, 0.3) is 0 Å². The van der Waals surface area contributed by atoms with E-state index in [1.165, 1.54) is 5.56 Å².